The van der Waals surface area contributed by atoms with Gasteiger partial charge in [0.05, 0.1) is 5.54 Å². The number of methoxy groups -OCH3 is 1. The van der Waals surface area contributed by atoms with Crippen molar-refractivity contribution in [3.63, 3.8) is 0 Å². The number of hydrogen-bond acceptors (Lipinski definition) is 3. The third-order valence-corrected chi connectivity index (χ3v) is 2.76. The van der Waals surface area contributed by atoms with Crippen LogP contribution in [-0.4, -0.2) is 31.7 Å². The summed E-state index contributed by atoms with van der Waals surface area (Å²) in [5.41, 5.74) is 5.38. The maximum absolute atomic E-state index is 11.7. The lowest BCUT2D eigenvalue weighted by Crippen LogP contribution is -2.52. The number of carbonyl (C=O) groups excluding carboxylic acids is 1. The summed E-state index contributed by atoms with van der Waals surface area (Å²) in [6.45, 7) is 1.34. The molecule has 1 fully saturated rings. The van der Waals surface area contributed by atoms with Crippen LogP contribution in [0, 0.1) is 0 Å². The minimum absolute atomic E-state index is 0. The standard InChI is InChI=1S/C10H20N2O2.ClH/c1-14-8-4-7-12-9(13)10(11)5-2-3-6-10;/h2-8,11H2,1H3,(H,12,13);1H. The van der Waals surface area contributed by atoms with Gasteiger partial charge >= 0.3 is 0 Å². The van der Waals surface area contributed by atoms with Crippen LogP contribution < -0.4 is 11.1 Å². The van der Waals surface area contributed by atoms with Crippen LogP contribution in [-0.2, 0) is 9.53 Å². The lowest BCUT2D eigenvalue weighted by Gasteiger charge is -2.22. The van der Waals surface area contributed by atoms with Crippen molar-refractivity contribution in [2.75, 3.05) is 20.3 Å². The zero-order valence-electron chi connectivity index (χ0n) is 9.25. The Balaban J connectivity index is 0.00000196. The number of halogens is 1. The zero-order valence-corrected chi connectivity index (χ0v) is 10.1. The topological polar surface area (TPSA) is 64.3 Å². The molecular weight excluding hydrogens is 216 g/mol. The van der Waals surface area contributed by atoms with Gasteiger partial charge in [0.1, 0.15) is 0 Å². The van der Waals surface area contributed by atoms with E-state index in [0.29, 0.717) is 13.2 Å². The van der Waals surface area contributed by atoms with Crippen molar-refractivity contribution >= 4 is 18.3 Å². The van der Waals surface area contributed by atoms with Crippen LogP contribution in [0.5, 0.6) is 0 Å². The second kappa shape index (κ2) is 7.04. The third kappa shape index (κ3) is 4.36. The predicted molar refractivity (Wildman–Crippen MR) is 62.1 cm³/mol. The number of rotatable bonds is 5. The molecule has 1 saturated carbocycles. The van der Waals surface area contributed by atoms with E-state index in [1.165, 1.54) is 0 Å². The summed E-state index contributed by atoms with van der Waals surface area (Å²) in [6, 6.07) is 0. The summed E-state index contributed by atoms with van der Waals surface area (Å²) in [4.78, 5) is 11.7. The van der Waals surface area contributed by atoms with E-state index in [1.807, 2.05) is 0 Å². The number of carbonyl (C=O) groups is 1. The first kappa shape index (κ1) is 14.7. The number of hydrogen-bond donors (Lipinski definition) is 2. The van der Waals surface area contributed by atoms with Gasteiger partial charge in [0, 0.05) is 20.3 Å². The Morgan fingerprint density at radius 1 is 1.47 bits per heavy atom. The zero-order chi connectivity index (χ0) is 10.4. The van der Waals surface area contributed by atoms with E-state index in [-0.39, 0.29) is 18.3 Å². The van der Waals surface area contributed by atoms with E-state index in [9.17, 15) is 4.79 Å². The summed E-state index contributed by atoms with van der Waals surface area (Å²) in [6.07, 6.45) is 4.63. The molecule has 0 aliphatic heterocycles. The average molecular weight is 237 g/mol. The molecule has 0 aromatic rings. The minimum Gasteiger partial charge on any atom is -0.385 e. The SMILES string of the molecule is COCCCNC(=O)C1(N)CCCC1.Cl. The van der Waals surface area contributed by atoms with Gasteiger partial charge in [-0.15, -0.1) is 12.4 Å². The van der Waals surface area contributed by atoms with E-state index in [0.717, 1.165) is 32.1 Å². The maximum atomic E-state index is 11.7. The van der Waals surface area contributed by atoms with E-state index in [4.69, 9.17) is 10.5 Å². The second-order valence-corrected chi connectivity index (χ2v) is 3.97. The normalized spacial score (nSPS) is 18.3. The van der Waals surface area contributed by atoms with Crippen LogP contribution in [0.2, 0.25) is 0 Å². The molecule has 0 unspecified atom stereocenters. The van der Waals surface area contributed by atoms with Crippen molar-refractivity contribution in [2.24, 2.45) is 5.73 Å². The number of ether oxygens (including phenoxy) is 1. The molecule has 3 N–H and O–H groups in total. The molecular formula is C10H21ClN2O2. The number of nitrogens with two attached hydrogens (primary N) is 1. The highest BCUT2D eigenvalue weighted by molar-refractivity contribution is 5.86. The molecule has 1 amide bonds. The van der Waals surface area contributed by atoms with Crippen molar-refractivity contribution in [1.82, 2.24) is 5.32 Å². The molecule has 0 aromatic heterocycles. The molecule has 0 spiro atoms. The predicted octanol–water partition coefficient (Wildman–Crippen LogP) is 0.832. The Hall–Kier alpha value is -0.320. The molecule has 0 radical (unpaired) electrons. The Morgan fingerprint density at radius 3 is 2.60 bits per heavy atom. The highest BCUT2D eigenvalue weighted by atomic mass is 35.5. The fourth-order valence-electron chi connectivity index (χ4n) is 1.83. The average Bonchev–Trinajstić information content (AvgIpc) is 2.61. The van der Waals surface area contributed by atoms with Gasteiger partial charge in [0.25, 0.3) is 0 Å². The molecule has 0 atom stereocenters. The van der Waals surface area contributed by atoms with Gasteiger partial charge in [-0.05, 0) is 19.3 Å². The molecule has 1 aliphatic rings. The number of nitrogens with one attached hydrogen (secondary N) is 1. The van der Waals surface area contributed by atoms with Gasteiger partial charge in [-0.25, -0.2) is 0 Å². The van der Waals surface area contributed by atoms with Crippen LogP contribution >= 0.6 is 12.4 Å². The largest absolute Gasteiger partial charge is 0.385 e. The highest BCUT2D eigenvalue weighted by Gasteiger charge is 2.36. The molecule has 0 saturated heterocycles. The van der Waals surface area contributed by atoms with Crippen LogP contribution in [0.25, 0.3) is 0 Å². The molecule has 15 heavy (non-hydrogen) atoms. The quantitative estimate of drug-likeness (QED) is 0.695. The van der Waals surface area contributed by atoms with Gasteiger partial charge in [0.15, 0.2) is 0 Å². The minimum atomic E-state index is -0.590. The Labute approximate surface area is 97.3 Å². The molecule has 90 valence electrons. The summed E-state index contributed by atoms with van der Waals surface area (Å²) < 4.78 is 4.89. The molecule has 4 nitrogen and oxygen atoms in total. The Bertz CT molecular complexity index is 194. The lowest BCUT2D eigenvalue weighted by molar-refractivity contribution is -0.126. The summed E-state index contributed by atoms with van der Waals surface area (Å²) in [5.74, 6) is 0.00565. The van der Waals surface area contributed by atoms with Gasteiger partial charge in [-0.1, -0.05) is 12.8 Å². The molecule has 5 heteroatoms. The Morgan fingerprint density at radius 2 is 2.07 bits per heavy atom. The van der Waals surface area contributed by atoms with Crippen LogP contribution in [0.15, 0.2) is 0 Å². The molecule has 0 heterocycles. The Kier molecular flexibility index (Phi) is 6.89. The van der Waals surface area contributed by atoms with Crippen molar-refractivity contribution < 1.29 is 9.53 Å². The van der Waals surface area contributed by atoms with Crippen molar-refractivity contribution in [3.05, 3.63) is 0 Å². The fraction of sp³-hybridized carbons (Fsp3) is 0.900. The smallest absolute Gasteiger partial charge is 0.240 e. The van der Waals surface area contributed by atoms with E-state index >= 15 is 0 Å². The van der Waals surface area contributed by atoms with Crippen LogP contribution in [0.4, 0.5) is 0 Å². The first-order valence-corrected chi connectivity index (χ1v) is 5.25. The van der Waals surface area contributed by atoms with Gasteiger partial charge in [-0.3, -0.25) is 4.79 Å². The van der Waals surface area contributed by atoms with E-state index < -0.39 is 5.54 Å². The molecule has 0 aromatic carbocycles. The van der Waals surface area contributed by atoms with Crippen molar-refractivity contribution in [3.8, 4) is 0 Å². The fourth-order valence-corrected chi connectivity index (χ4v) is 1.83. The second-order valence-electron chi connectivity index (χ2n) is 3.97. The van der Waals surface area contributed by atoms with Crippen molar-refractivity contribution in [2.45, 2.75) is 37.6 Å². The third-order valence-electron chi connectivity index (χ3n) is 2.76. The first-order chi connectivity index (χ1) is 6.69. The highest BCUT2D eigenvalue weighted by Crippen LogP contribution is 2.26. The lowest BCUT2D eigenvalue weighted by atomic mass is 9.98. The summed E-state index contributed by atoms with van der Waals surface area (Å²) in [5, 5.41) is 2.86. The van der Waals surface area contributed by atoms with Gasteiger partial charge in [-0.2, -0.15) is 0 Å². The van der Waals surface area contributed by atoms with Gasteiger partial charge < -0.3 is 15.8 Å². The van der Waals surface area contributed by atoms with E-state index in [2.05, 4.69) is 5.32 Å². The molecule has 0 bridgehead atoms. The maximum Gasteiger partial charge on any atom is 0.240 e. The summed E-state index contributed by atoms with van der Waals surface area (Å²) in [7, 11) is 1.66. The molecule has 1 aliphatic carbocycles. The number of amides is 1. The van der Waals surface area contributed by atoms with Crippen LogP contribution in [0.3, 0.4) is 0 Å². The summed E-state index contributed by atoms with van der Waals surface area (Å²) >= 11 is 0. The van der Waals surface area contributed by atoms with Gasteiger partial charge in [0.2, 0.25) is 5.91 Å². The monoisotopic (exact) mass is 236 g/mol. The van der Waals surface area contributed by atoms with Crippen molar-refractivity contribution in [1.29, 1.82) is 0 Å². The van der Waals surface area contributed by atoms with E-state index in [1.54, 1.807) is 7.11 Å². The first-order valence-electron chi connectivity index (χ1n) is 5.25. The van der Waals surface area contributed by atoms with Crippen LogP contribution in [0.1, 0.15) is 32.1 Å². The molecule has 1 rings (SSSR count).